The van der Waals surface area contributed by atoms with Crippen molar-refractivity contribution in [2.45, 2.75) is 32.7 Å². The molecule has 0 radical (unpaired) electrons. The van der Waals surface area contributed by atoms with Crippen LogP contribution in [0.4, 0.5) is 4.39 Å². The molecule has 0 aliphatic heterocycles. The molecule has 2 atom stereocenters. The Hall–Kier alpha value is -1.46. The molecule has 1 aromatic carbocycles. The van der Waals surface area contributed by atoms with Crippen LogP contribution < -0.4 is 5.73 Å². The minimum atomic E-state index is -0.244. The minimum absolute atomic E-state index is 0. The van der Waals surface area contributed by atoms with Gasteiger partial charge in [0.1, 0.15) is 5.82 Å². The van der Waals surface area contributed by atoms with Crippen LogP contribution in [0.2, 0.25) is 0 Å². The fourth-order valence-electron chi connectivity index (χ4n) is 1.55. The Kier molecular flexibility index (Phi) is 5.03. The molecule has 2 N–H and O–H groups in total. The summed E-state index contributed by atoms with van der Waals surface area (Å²) < 4.78 is 18.4. The minimum Gasteiger partial charge on any atom is -0.339 e. The van der Waals surface area contributed by atoms with Gasteiger partial charge < -0.3 is 10.3 Å². The van der Waals surface area contributed by atoms with Crippen molar-refractivity contribution in [3.05, 3.63) is 35.5 Å². The summed E-state index contributed by atoms with van der Waals surface area (Å²) >= 11 is 0. The zero-order chi connectivity index (χ0) is 13.3. The molecule has 0 fully saturated rings. The molecule has 104 valence electrons. The molecule has 2 unspecified atom stereocenters. The largest absolute Gasteiger partial charge is 0.339 e. The van der Waals surface area contributed by atoms with E-state index in [1.807, 2.05) is 13.8 Å². The van der Waals surface area contributed by atoms with E-state index in [9.17, 15) is 4.39 Å². The summed E-state index contributed by atoms with van der Waals surface area (Å²) in [5, 5.41) is 3.90. The summed E-state index contributed by atoms with van der Waals surface area (Å²) in [5.41, 5.74) is 7.07. The molecule has 0 spiro atoms. The standard InChI is InChI=1S/C13H16FN3O.ClH/c1-7-6-10(4-5-11(7)14)12-16-13(18-17-12)8(2)9(3)15;/h4-6,8-9H,15H2,1-3H3;1H. The van der Waals surface area contributed by atoms with Crippen LogP contribution in [0.1, 0.15) is 31.2 Å². The number of hydrogen-bond donors (Lipinski definition) is 1. The third kappa shape index (κ3) is 3.30. The SMILES string of the molecule is Cc1cc(-c2noc(C(C)C(C)N)n2)ccc1F.Cl. The first kappa shape index (κ1) is 15.6. The Morgan fingerprint density at radius 2 is 2.00 bits per heavy atom. The van der Waals surface area contributed by atoms with E-state index in [0.29, 0.717) is 17.3 Å². The van der Waals surface area contributed by atoms with Gasteiger partial charge in [0, 0.05) is 11.6 Å². The predicted molar refractivity (Wildman–Crippen MR) is 73.7 cm³/mol. The summed E-state index contributed by atoms with van der Waals surface area (Å²) in [6.45, 7) is 5.51. The van der Waals surface area contributed by atoms with Crippen LogP contribution in [0.25, 0.3) is 11.4 Å². The first-order chi connectivity index (χ1) is 8.49. The van der Waals surface area contributed by atoms with Crippen molar-refractivity contribution in [3.8, 4) is 11.4 Å². The average Bonchev–Trinajstić information content (AvgIpc) is 2.81. The fourth-order valence-corrected chi connectivity index (χ4v) is 1.55. The van der Waals surface area contributed by atoms with Crippen LogP contribution in [-0.4, -0.2) is 16.2 Å². The van der Waals surface area contributed by atoms with Crippen molar-refractivity contribution in [2.75, 3.05) is 0 Å². The van der Waals surface area contributed by atoms with Gasteiger partial charge in [0.05, 0.1) is 5.92 Å². The van der Waals surface area contributed by atoms with Crippen LogP contribution >= 0.6 is 12.4 Å². The van der Waals surface area contributed by atoms with Gasteiger partial charge in [0.15, 0.2) is 0 Å². The lowest BCUT2D eigenvalue weighted by molar-refractivity contribution is 0.346. The smallest absolute Gasteiger partial charge is 0.231 e. The number of halogens is 2. The lowest BCUT2D eigenvalue weighted by atomic mass is 10.1. The van der Waals surface area contributed by atoms with Crippen molar-refractivity contribution in [1.29, 1.82) is 0 Å². The Morgan fingerprint density at radius 3 is 2.58 bits per heavy atom. The van der Waals surface area contributed by atoms with Gasteiger partial charge in [-0.15, -0.1) is 12.4 Å². The van der Waals surface area contributed by atoms with Crippen molar-refractivity contribution in [1.82, 2.24) is 10.1 Å². The van der Waals surface area contributed by atoms with Crippen LogP contribution in [-0.2, 0) is 0 Å². The topological polar surface area (TPSA) is 64.9 Å². The van der Waals surface area contributed by atoms with Crippen LogP contribution in [0.5, 0.6) is 0 Å². The molecule has 0 amide bonds. The van der Waals surface area contributed by atoms with Crippen LogP contribution in [0, 0.1) is 12.7 Å². The highest BCUT2D eigenvalue weighted by Crippen LogP contribution is 2.22. The third-order valence-corrected chi connectivity index (χ3v) is 3.04. The molecule has 2 aromatic rings. The van der Waals surface area contributed by atoms with Crippen LogP contribution in [0.3, 0.4) is 0 Å². The Labute approximate surface area is 117 Å². The summed E-state index contributed by atoms with van der Waals surface area (Å²) in [5.74, 6) is 0.710. The fraction of sp³-hybridized carbons (Fsp3) is 0.385. The van der Waals surface area contributed by atoms with E-state index in [-0.39, 0.29) is 30.2 Å². The average molecular weight is 286 g/mol. The molecule has 0 saturated heterocycles. The molecule has 1 heterocycles. The van der Waals surface area contributed by atoms with E-state index in [0.717, 1.165) is 5.56 Å². The van der Waals surface area contributed by atoms with Gasteiger partial charge in [0.2, 0.25) is 11.7 Å². The number of nitrogens with zero attached hydrogens (tertiary/aromatic N) is 2. The van der Waals surface area contributed by atoms with Crippen molar-refractivity contribution in [3.63, 3.8) is 0 Å². The number of aromatic nitrogens is 2. The number of nitrogens with two attached hydrogens (primary N) is 1. The first-order valence-electron chi connectivity index (χ1n) is 5.84. The summed E-state index contributed by atoms with van der Waals surface area (Å²) in [4.78, 5) is 4.29. The molecule has 0 bridgehead atoms. The molecule has 19 heavy (non-hydrogen) atoms. The highest BCUT2D eigenvalue weighted by atomic mass is 35.5. The molecular formula is C13H17ClFN3O. The lowest BCUT2D eigenvalue weighted by Crippen LogP contribution is -2.22. The normalized spacial score (nSPS) is 13.7. The Bertz CT molecular complexity index is 557. The number of hydrogen-bond acceptors (Lipinski definition) is 4. The van der Waals surface area contributed by atoms with Crippen molar-refractivity contribution < 1.29 is 8.91 Å². The van der Waals surface area contributed by atoms with Gasteiger partial charge >= 0.3 is 0 Å². The molecule has 1 aromatic heterocycles. The van der Waals surface area contributed by atoms with E-state index in [4.69, 9.17) is 10.3 Å². The van der Waals surface area contributed by atoms with E-state index < -0.39 is 0 Å². The summed E-state index contributed by atoms with van der Waals surface area (Å²) in [7, 11) is 0. The van der Waals surface area contributed by atoms with E-state index >= 15 is 0 Å². The third-order valence-electron chi connectivity index (χ3n) is 3.04. The Balaban J connectivity index is 0.00000180. The first-order valence-corrected chi connectivity index (χ1v) is 5.84. The second-order valence-corrected chi connectivity index (χ2v) is 4.57. The molecule has 6 heteroatoms. The maximum atomic E-state index is 13.2. The lowest BCUT2D eigenvalue weighted by Gasteiger charge is -2.09. The number of aryl methyl sites for hydroxylation is 1. The summed E-state index contributed by atoms with van der Waals surface area (Å²) in [6.07, 6.45) is 0. The molecule has 0 aliphatic rings. The van der Waals surface area contributed by atoms with Crippen LogP contribution in [0.15, 0.2) is 22.7 Å². The number of benzene rings is 1. The molecule has 2 rings (SSSR count). The van der Waals surface area contributed by atoms with E-state index in [1.165, 1.54) is 6.07 Å². The van der Waals surface area contributed by atoms with Gasteiger partial charge in [-0.3, -0.25) is 0 Å². The maximum Gasteiger partial charge on any atom is 0.231 e. The van der Waals surface area contributed by atoms with Gasteiger partial charge in [-0.1, -0.05) is 12.1 Å². The van der Waals surface area contributed by atoms with Gasteiger partial charge in [-0.2, -0.15) is 4.98 Å². The molecule has 0 aliphatic carbocycles. The maximum absolute atomic E-state index is 13.2. The summed E-state index contributed by atoms with van der Waals surface area (Å²) in [6, 6.07) is 4.66. The highest BCUT2D eigenvalue weighted by Gasteiger charge is 2.18. The van der Waals surface area contributed by atoms with Crippen molar-refractivity contribution in [2.24, 2.45) is 5.73 Å². The Morgan fingerprint density at radius 1 is 1.32 bits per heavy atom. The molecule has 0 saturated carbocycles. The molecule has 4 nitrogen and oxygen atoms in total. The molecular weight excluding hydrogens is 269 g/mol. The quantitative estimate of drug-likeness (QED) is 0.941. The van der Waals surface area contributed by atoms with Crippen molar-refractivity contribution >= 4 is 12.4 Å². The monoisotopic (exact) mass is 285 g/mol. The predicted octanol–water partition coefficient (Wildman–Crippen LogP) is 3.06. The zero-order valence-electron chi connectivity index (χ0n) is 11.1. The van der Waals surface area contributed by atoms with E-state index in [1.54, 1.807) is 19.1 Å². The second-order valence-electron chi connectivity index (χ2n) is 4.57. The van der Waals surface area contributed by atoms with Gasteiger partial charge in [0.25, 0.3) is 0 Å². The number of rotatable bonds is 3. The zero-order valence-corrected chi connectivity index (χ0v) is 11.9. The highest BCUT2D eigenvalue weighted by molar-refractivity contribution is 5.85. The van der Waals surface area contributed by atoms with Gasteiger partial charge in [-0.25, -0.2) is 4.39 Å². The van der Waals surface area contributed by atoms with E-state index in [2.05, 4.69) is 10.1 Å². The van der Waals surface area contributed by atoms with Gasteiger partial charge in [-0.05, 0) is 37.6 Å². The second kappa shape index (κ2) is 6.12.